The molecule has 0 radical (unpaired) electrons. The number of carbonyl (C=O) groups is 2. The van der Waals surface area contributed by atoms with E-state index < -0.39 is 29.8 Å². The molecule has 2 aromatic rings. The van der Waals surface area contributed by atoms with Crippen molar-refractivity contribution in [2.45, 2.75) is 69.4 Å². The molecule has 1 aromatic carbocycles. The maximum atomic E-state index is 15.2. The van der Waals surface area contributed by atoms with Gasteiger partial charge in [0.05, 0.1) is 22.5 Å². The highest BCUT2D eigenvalue weighted by Crippen LogP contribution is 2.45. The molecular weight excluding hydrogens is 447 g/mol. The second-order valence-electron chi connectivity index (χ2n) is 9.30. The van der Waals surface area contributed by atoms with E-state index in [0.717, 1.165) is 36.9 Å². The lowest BCUT2D eigenvalue weighted by atomic mass is 9.95. The fourth-order valence-electron chi connectivity index (χ4n) is 4.71. The third-order valence-corrected chi connectivity index (χ3v) is 7.08. The van der Waals surface area contributed by atoms with Crippen molar-refractivity contribution in [3.05, 3.63) is 57.6 Å². The molecule has 5 rings (SSSR count). The number of hydrogen-bond donors (Lipinski definition) is 1. The van der Waals surface area contributed by atoms with Gasteiger partial charge in [0.2, 0.25) is 0 Å². The van der Waals surface area contributed by atoms with Crippen LogP contribution in [-0.4, -0.2) is 39.5 Å². The normalized spacial score (nSPS) is 21.2. The molecule has 33 heavy (non-hydrogen) atoms. The van der Waals surface area contributed by atoms with E-state index in [-0.39, 0.29) is 11.5 Å². The van der Waals surface area contributed by atoms with E-state index in [2.05, 4.69) is 4.98 Å². The molecule has 2 saturated carbocycles. The second-order valence-corrected chi connectivity index (χ2v) is 9.71. The summed E-state index contributed by atoms with van der Waals surface area (Å²) in [7, 11) is 0. The van der Waals surface area contributed by atoms with Gasteiger partial charge in [0.25, 0.3) is 5.91 Å². The summed E-state index contributed by atoms with van der Waals surface area (Å²) in [6.45, 7) is 2.16. The van der Waals surface area contributed by atoms with Crippen LogP contribution in [0.15, 0.2) is 24.4 Å². The molecule has 1 aromatic heterocycles. The predicted octanol–water partition coefficient (Wildman–Crippen LogP) is 5.46. The number of carboxylic acid groups (broad SMARTS) is 1. The van der Waals surface area contributed by atoms with Crippen LogP contribution in [-0.2, 0) is 4.79 Å². The molecule has 0 bridgehead atoms. The molecule has 3 aliphatic rings. The molecule has 2 atom stereocenters. The van der Waals surface area contributed by atoms with Crippen molar-refractivity contribution < 1.29 is 23.8 Å². The van der Waals surface area contributed by atoms with Gasteiger partial charge in [-0.3, -0.25) is 9.78 Å². The van der Waals surface area contributed by atoms with Gasteiger partial charge in [0.1, 0.15) is 23.7 Å². The number of carbonyl (C=O) groups excluding carboxylic acids is 1. The van der Waals surface area contributed by atoms with Crippen LogP contribution in [0.5, 0.6) is 5.75 Å². The largest absolute Gasteiger partial charge is 0.484 e. The first kappa shape index (κ1) is 22.1. The molecule has 8 heteroatoms. The number of likely N-dealkylation sites (tertiary alicyclic amines) is 1. The van der Waals surface area contributed by atoms with Crippen LogP contribution in [0.4, 0.5) is 4.39 Å². The number of rotatable bonds is 7. The average Bonchev–Trinajstić information content (AvgIpc) is 3.71. The lowest BCUT2D eigenvalue weighted by Crippen LogP contribution is -2.40. The van der Waals surface area contributed by atoms with Gasteiger partial charge in [-0.15, -0.1) is 0 Å². The molecule has 174 valence electrons. The van der Waals surface area contributed by atoms with Gasteiger partial charge in [-0.25, -0.2) is 9.18 Å². The van der Waals surface area contributed by atoms with E-state index in [4.69, 9.17) is 16.3 Å². The van der Waals surface area contributed by atoms with Gasteiger partial charge in [-0.1, -0.05) is 11.6 Å². The fraction of sp³-hybridized carbons (Fsp3) is 0.480. The smallest absolute Gasteiger partial charge is 0.326 e. The lowest BCUT2D eigenvalue weighted by Gasteiger charge is -2.24. The summed E-state index contributed by atoms with van der Waals surface area (Å²) in [5.74, 6) is -1.09. The van der Waals surface area contributed by atoms with Gasteiger partial charge in [-0.05, 0) is 74.6 Å². The van der Waals surface area contributed by atoms with Crippen LogP contribution >= 0.6 is 11.6 Å². The van der Waals surface area contributed by atoms with Crippen molar-refractivity contribution in [1.82, 2.24) is 9.88 Å². The number of amides is 1. The molecule has 3 fully saturated rings. The highest BCUT2D eigenvalue weighted by Gasteiger charge is 2.37. The minimum atomic E-state index is -1.05. The molecule has 1 aliphatic heterocycles. The quantitative estimate of drug-likeness (QED) is 0.579. The van der Waals surface area contributed by atoms with Crippen molar-refractivity contribution in [1.29, 1.82) is 0 Å². The zero-order valence-corrected chi connectivity index (χ0v) is 19.1. The third-order valence-electron chi connectivity index (χ3n) is 6.78. The number of aromatic nitrogens is 1. The molecule has 0 unspecified atom stereocenters. The maximum absolute atomic E-state index is 15.2. The number of benzene rings is 1. The standard InChI is InChI=1S/C25H26ClFN2O4/c1-13(33-16-9-20(26)23(28-12-16)15-6-7-15)17-11-21(27)19(10-18(17)14-4-5-14)24(30)29-8-2-3-22(29)25(31)32/h9-15,22H,2-8H2,1H3,(H,31,32)/t13-,22+/m1/s1. The Kier molecular flexibility index (Phi) is 5.77. The summed E-state index contributed by atoms with van der Waals surface area (Å²) in [6.07, 6.45) is 6.29. The van der Waals surface area contributed by atoms with E-state index in [0.29, 0.717) is 41.6 Å². The Bertz CT molecular complexity index is 1120. The van der Waals surface area contributed by atoms with Gasteiger partial charge in [0, 0.05) is 18.5 Å². The van der Waals surface area contributed by atoms with E-state index >= 15 is 4.39 Å². The number of aliphatic carboxylic acids is 1. The zero-order chi connectivity index (χ0) is 23.3. The van der Waals surface area contributed by atoms with Gasteiger partial charge >= 0.3 is 5.97 Å². The summed E-state index contributed by atoms with van der Waals surface area (Å²) in [5.41, 5.74) is 2.39. The Morgan fingerprint density at radius 3 is 2.55 bits per heavy atom. The van der Waals surface area contributed by atoms with Crippen molar-refractivity contribution in [3.8, 4) is 5.75 Å². The minimum absolute atomic E-state index is 0.0699. The summed E-state index contributed by atoms with van der Waals surface area (Å²) >= 11 is 6.38. The molecule has 1 saturated heterocycles. The van der Waals surface area contributed by atoms with Gasteiger partial charge in [-0.2, -0.15) is 0 Å². The zero-order valence-electron chi connectivity index (χ0n) is 18.4. The number of carboxylic acids is 1. The summed E-state index contributed by atoms with van der Waals surface area (Å²) in [4.78, 5) is 30.3. The highest BCUT2D eigenvalue weighted by molar-refractivity contribution is 6.31. The number of ether oxygens (including phenoxy) is 1. The van der Waals surface area contributed by atoms with Crippen molar-refractivity contribution in [2.24, 2.45) is 0 Å². The van der Waals surface area contributed by atoms with Gasteiger partial charge < -0.3 is 14.7 Å². The molecule has 6 nitrogen and oxygen atoms in total. The summed E-state index contributed by atoms with van der Waals surface area (Å²) in [6, 6.07) is 3.82. The summed E-state index contributed by atoms with van der Waals surface area (Å²) in [5, 5.41) is 9.99. The lowest BCUT2D eigenvalue weighted by molar-refractivity contribution is -0.141. The maximum Gasteiger partial charge on any atom is 0.326 e. The first-order valence-electron chi connectivity index (χ1n) is 11.5. The third kappa shape index (κ3) is 4.43. The van der Waals surface area contributed by atoms with Crippen LogP contribution < -0.4 is 4.74 Å². The molecule has 1 N–H and O–H groups in total. The van der Waals surface area contributed by atoms with Crippen molar-refractivity contribution >= 4 is 23.5 Å². The molecule has 2 heterocycles. The van der Waals surface area contributed by atoms with Crippen molar-refractivity contribution in [3.63, 3.8) is 0 Å². The summed E-state index contributed by atoms with van der Waals surface area (Å²) < 4.78 is 21.2. The average molecular weight is 473 g/mol. The molecule has 2 aliphatic carbocycles. The highest BCUT2D eigenvalue weighted by atomic mass is 35.5. The number of hydrogen-bond acceptors (Lipinski definition) is 4. The monoisotopic (exact) mass is 472 g/mol. The Morgan fingerprint density at radius 2 is 1.91 bits per heavy atom. The van der Waals surface area contributed by atoms with E-state index in [9.17, 15) is 14.7 Å². The Labute approximate surface area is 196 Å². The fourth-order valence-corrected chi connectivity index (χ4v) is 5.02. The van der Waals surface area contributed by atoms with Crippen LogP contribution in [0.3, 0.4) is 0 Å². The first-order valence-corrected chi connectivity index (χ1v) is 11.9. The topological polar surface area (TPSA) is 79.7 Å². The van der Waals surface area contributed by atoms with E-state index in [1.807, 2.05) is 6.92 Å². The number of nitrogens with zero attached hydrogens (tertiary/aromatic N) is 2. The minimum Gasteiger partial charge on any atom is -0.484 e. The Hall–Kier alpha value is -2.67. The first-order chi connectivity index (χ1) is 15.8. The van der Waals surface area contributed by atoms with Crippen molar-refractivity contribution in [2.75, 3.05) is 6.54 Å². The SMILES string of the molecule is C[C@@H](Oc1cnc(C2CC2)c(Cl)c1)c1cc(F)c(C(=O)N2CCC[C@H]2C(=O)O)cc1C1CC1. The number of halogens is 2. The van der Waals surface area contributed by atoms with Gasteiger partial charge in [0.15, 0.2) is 0 Å². The van der Waals surface area contributed by atoms with E-state index in [1.54, 1.807) is 18.3 Å². The number of pyridine rings is 1. The van der Waals surface area contributed by atoms with Crippen LogP contribution in [0.1, 0.15) is 90.6 Å². The predicted molar refractivity (Wildman–Crippen MR) is 120 cm³/mol. The molecular formula is C25H26ClFN2O4. The Balaban J connectivity index is 1.41. The van der Waals surface area contributed by atoms with E-state index in [1.165, 1.54) is 11.0 Å². The second kappa shape index (κ2) is 8.60. The van der Waals surface area contributed by atoms with Crippen LogP contribution in [0.2, 0.25) is 5.02 Å². The van der Waals surface area contributed by atoms with Crippen LogP contribution in [0.25, 0.3) is 0 Å². The molecule has 0 spiro atoms. The Morgan fingerprint density at radius 1 is 1.18 bits per heavy atom. The molecule has 1 amide bonds. The van der Waals surface area contributed by atoms with Crippen LogP contribution in [0, 0.1) is 5.82 Å².